The maximum atomic E-state index is 12.3. The van der Waals surface area contributed by atoms with Crippen LogP contribution in [0.2, 0.25) is 0 Å². The zero-order chi connectivity index (χ0) is 26.2. The number of rotatable bonds is 8. The molecule has 0 saturated carbocycles. The van der Waals surface area contributed by atoms with Crippen molar-refractivity contribution in [1.29, 1.82) is 10.8 Å². The normalized spacial score (nSPS) is 17.0. The summed E-state index contributed by atoms with van der Waals surface area (Å²) in [7, 11) is 0. The molecule has 2 fully saturated rings. The molecule has 7 N–H and O–H groups in total. The third kappa shape index (κ3) is 6.54. The van der Waals surface area contributed by atoms with Crippen LogP contribution in [0.4, 0.5) is 23.3 Å². The number of hydrogen-bond donors (Lipinski definition) is 5. The van der Waals surface area contributed by atoms with Gasteiger partial charge in [0, 0.05) is 38.8 Å². The van der Waals surface area contributed by atoms with Gasteiger partial charge in [-0.15, -0.1) is 5.11 Å². The predicted octanol–water partition coefficient (Wildman–Crippen LogP) is 3.00. The van der Waals surface area contributed by atoms with Crippen LogP contribution in [-0.2, 0) is 0 Å². The molecule has 2 aromatic rings. The lowest BCUT2D eigenvalue weighted by atomic mass is 9.93. The molecule has 37 heavy (non-hydrogen) atoms. The molecule has 0 atom stereocenters. The number of carbonyl (C=O) groups excluding carboxylic acids is 1. The third-order valence-electron chi connectivity index (χ3n) is 6.81. The van der Waals surface area contributed by atoms with Crippen molar-refractivity contribution in [3.63, 3.8) is 0 Å². The second-order valence-electron chi connectivity index (χ2n) is 9.37. The Morgan fingerprint density at radius 3 is 2.43 bits per heavy atom. The van der Waals surface area contributed by atoms with Crippen LogP contribution in [-0.4, -0.2) is 59.1 Å². The number of nitrogens with one attached hydrogen (secondary N) is 3. The van der Waals surface area contributed by atoms with Crippen molar-refractivity contribution in [2.75, 3.05) is 41.3 Å². The average Bonchev–Trinajstić information content (AvgIpc) is 3.19. The Kier molecular flexibility index (Phi) is 8.54. The van der Waals surface area contributed by atoms with Gasteiger partial charge < -0.3 is 32.1 Å². The summed E-state index contributed by atoms with van der Waals surface area (Å²) in [5, 5.41) is 25.6. The largest absolute Gasteiger partial charge is 0.365 e. The maximum absolute atomic E-state index is 12.3. The van der Waals surface area contributed by atoms with Crippen molar-refractivity contribution in [2.24, 2.45) is 27.8 Å². The minimum Gasteiger partial charge on any atom is -0.365 e. The van der Waals surface area contributed by atoms with Crippen LogP contribution in [0, 0.1) is 16.7 Å². The molecule has 2 aromatic heterocycles. The highest BCUT2D eigenvalue weighted by molar-refractivity contribution is 6.04. The molecule has 0 radical (unpaired) electrons. The lowest BCUT2D eigenvalue weighted by Gasteiger charge is -2.32. The number of amidine groups is 1. The number of hydrogen-bond acceptors (Lipinski definition) is 10. The van der Waals surface area contributed by atoms with Crippen LogP contribution in [0.15, 0.2) is 28.7 Å². The highest BCUT2D eigenvalue weighted by Crippen LogP contribution is 2.28. The fraction of sp³-hybridized carbons (Fsp3) is 0.500. The van der Waals surface area contributed by atoms with E-state index in [1.165, 1.54) is 0 Å². The molecule has 0 spiro atoms. The van der Waals surface area contributed by atoms with Gasteiger partial charge in [0.05, 0.1) is 11.9 Å². The summed E-state index contributed by atoms with van der Waals surface area (Å²) >= 11 is 0. The van der Waals surface area contributed by atoms with E-state index in [0.29, 0.717) is 24.0 Å². The van der Waals surface area contributed by atoms with Gasteiger partial charge in [-0.25, -0.2) is 9.97 Å². The van der Waals surface area contributed by atoms with E-state index in [1.807, 2.05) is 12.1 Å². The summed E-state index contributed by atoms with van der Waals surface area (Å²) in [6.07, 6.45) is 9.60. The van der Waals surface area contributed by atoms with Crippen molar-refractivity contribution in [3.05, 3.63) is 29.6 Å². The number of primary amides is 1. The summed E-state index contributed by atoms with van der Waals surface area (Å²) in [6, 6.07) is 3.81. The van der Waals surface area contributed by atoms with Crippen LogP contribution >= 0.6 is 0 Å². The van der Waals surface area contributed by atoms with Crippen LogP contribution in [0.5, 0.6) is 0 Å². The lowest BCUT2D eigenvalue weighted by Crippen LogP contribution is -2.34. The molecule has 4 heterocycles. The molecule has 13 heteroatoms. The molecule has 13 nitrogen and oxygen atoms in total. The lowest BCUT2D eigenvalue weighted by molar-refractivity contribution is 0.100. The molecule has 196 valence electrons. The Bertz CT molecular complexity index is 1130. The van der Waals surface area contributed by atoms with Gasteiger partial charge in [0.25, 0.3) is 5.91 Å². The van der Waals surface area contributed by atoms with Crippen LogP contribution in [0.1, 0.15) is 61.0 Å². The van der Waals surface area contributed by atoms with Crippen molar-refractivity contribution in [2.45, 2.75) is 44.9 Å². The first-order valence-electron chi connectivity index (χ1n) is 12.6. The highest BCUT2D eigenvalue weighted by Gasteiger charge is 2.23. The minimum atomic E-state index is -0.697. The number of nitrogens with two attached hydrogens (primary N) is 2. The maximum Gasteiger partial charge on any atom is 0.254 e. The van der Waals surface area contributed by atoms with E-state index in [4.69, 9.17) is 22.4 Å². The minimum absolute atomic E-state index is 0.0828. The summed E-state index contributed by atoms with van der Waals surface area (Å²) in [5.41, 5.74) is 6.58. The third-order valence-corrected chi connectivity index (χ3v) is 6.81. The van der Waals surface area contributed by atoms with Gasteiger partial charge >= 0.3 is 0 Å². The van der Waals surface area contributed by atoms with Gasteiger partial charge in [0.1, 0.15) is 28.7 Å². The number of carbonyl (C=O) groups is 1. The molecule has 0 aliphatic carbocycles. The van der Waals surface area contributed by atoms with Crippen molar-refractivity contribution >= 4 is 41.2 Å². The topological polar surface area (TPSA) is 199 Å². The molecule has 1 amide bonds. The monoisotopic (exact) mass is 506 g/mol. The van der Waals surface area contributed by atoms with Crippen molar-refractivity contribution < 1.29 is 4.79 Å². The van der Waals surface area contributed by atoms with Crippen molar-refractivity contribution in [3.8, 4) is 0 Å². The van der Waals surface area contributed by atoms with Gasteiger partial charge in [0.2, 0.25) is 5.95 Å². The van der Waals surface area contributed by atoms with Crippen LogP contribution < -0.4 is 26.7 Å². The Balaban J connectivity index is 1.48. The van der Waals surface area contributed by atoms with E-state index in [-0.39, 0.29) is 22.9 Å². The smallest absolute Gasteiger partial charge is 0.254 e. The summed E-state index contributed by atoms with van der Waals surface area (Å²) in [6.45, 7) is 3.32. The van der Waals surface area contributed by atoms with E-state index >= 15 is 0 Å². The number of pyridine rings is 1. The standard InChI is InChI=1S/C24H34N12O/c25-14-18-21(22(27)37)23(32-24(31-18)36-9-3-1-2-4-10-36)30-17-5-6-20(29-15-17)35-11-7-16(8-12-35)13-19(26)33-34-28/h5-6,14-16,25H,1-4,7-13H2,(H2,27,37)(H3,26,28,33)(H,30,31,32). The number of piperidine rings is 1. The number of aromatic nitrogens is 3. The first-order valence-corrected chi connectivity index (χ1v) is 12.6. The zero-order valence-corrected chi connectivity index (χ0v) is 20.9. The Morgan fingerprint density at radius 2 is 1.84 bits per heavy atom. The zero-order valence-electron chi connectivity index (χ0n) is 20.9. The van der Waals surface area contributed by atoms with Crippen molar-refractivity contribution in [1.82, 2.24) is 15.0 Å². The Labute approximate surface area is 215 Å². The van der Waals surface area contributed by atoms with E-state index in [1.54, 1.807) is 6.20 Å². The summed E-state index contributed by atoms with van der Waals surface area (Å²) in [4.78, 5) is 30.3. The van der Waals surface area contributed by atoms with E-state index in [0.717, 1.165) is 76.7 Å². The first kappa shape index (κ1) is 25.9. The molecule has 0 unspecified atom stereocenters. The molecule has 2 aliphatic heterocycles. The highest BCUT2D eigenvalue weighted by atomic mass is 16.1. The van der Waals surface area contributed by atoms with E-state index in [2.05, 4.69) is 40.4 Å². The Hall–Kier alpha value is -4.16. The van der Waals surface area contributed by atoms with Crippen LogP contribution in [0.3, 0.4) is 0 Å². The molecular weight excluding hydrogens is 472 g/mol. The fourth-order valence-corrected chi connectivity index (χ4v) is 4.85. The quantitative estimate of drug-likeness (QED) is 0.118. The van der Waals surface area contributed by atoms with Gasteiger partial charge in [-0.3, -0.25) is 10.2 Å². The van der Waals surface area contributed by atoms with Gasteiger partial charge in [-0.05, 0) is 43.7 Å². The van der Waals surface area contributed by atoms with Crippen LogP contribution in [0.25, 0.3) is 0 Å². The average molecular weight is 507 g/mol. The number of amides is 1. The number of anilines is 4. The first-order chi connectivity index (χ1) is 18.0. The second kappa shape index (κ2) is 12.2. The van der Waals surface area contributed by atoms with Gasteiger partial charge in [-0.2, -0.15) is 4.98 Å². The SMILES string of the molecule is N=Cc1nc(N2CCCCCC2)nc(Nc2ccc(N3CCC(CC(=N)/N=N\N)CC3)nc2)c1C(N)=O. The molecule has 4 rings (SSSR count). The Morgan fingerprint density at radius 1 is 1.11 bits per heavy atom. The molecule has 2 saturated heterocycles. The van der Waals surface area contributed by atoms with E-state index < -0.39 is 5.91 Å². The molecule has 0 aromatic carbocycles. The second-order valence-corrected chi connectivity index (χ2v) is 9.37. The van der Waals surface area contributed by atoms with E-state index in [9.17, 15) is 4.79 Å². The molecular formula is C24H34N12O. The van der Waals surface area contributed by atoms with Gasteiger partial charge in [-0.1, -0.05) is 18.1 Å². The molecule has 2 aliphatic rings. The fourth-order valence-electron chi connectivity index (χ4n) is 4.85. The summed E-state index contributed by atoms with van der Waals surface area (Å²) in [5.74, 6) is 6.53. The predicted molar refractivity (Wildman–Crippen MR) is 143 cm³/mol. The van der Waals surface area contributed by atoms with Gasteiger partial charge in [0.15, 0.2) is 0 Å². The summed E-state index contributed by atoms with van der Waals surface area (Å²) < 4.78 is 0. The number of nitrogens with zero attached hydrogens (tertiary/aromatic N) is 7. The molecule has 0 bridgehead atoms.